The van der Waals surface area contributed by atoms with Gasteiger partial charge in [0.25, 0.3) is 0 Å². The third-order valence-electron chi connectivity index (χ3n) is 7.72. The summed E-state index contributed by atoms with van der Waals surface area (Å²) >= 11 is 0. The fourth-order valence-corrected chi connectivity index (χ4v) is 6.07. The van der Waals surface area contributed by atoms with Crippen LogP contribution in [-0.2, 0) is 9.84 Å². The average Bonchev–Trinajstić information content (AvgIpc) is 2.90. The van der Waals surface area contributed by atoms with Crippen molar-refractivity contribution in [1.29, 1.82) is 0 Å². The van der Waals surface area contributed by atoms with E-state index in [1.165, 1.54) is 0 Å². The number of piperazine rings is 2. The minimum absolute atomic E-state index is 0.0758. The van der Waals surface area contributed by atoms with Gasteiger partial charge in [-0.2, -0.15) is 0 Å². The zero-order chi connectivity index (χ0) is 27.7. The lowest BCUT2D eigenvalue weighted by Gasteiger charge is -2.38. The summed E-state index contributed by atoms with van der Waals surface area (Å²) in [6, 6.07) is 6.24. The molecule has 3 rings (SSSR count). The smallest absolute Gasteiger partial charge is 0.320 e. The lowest BCUT2D eigenvalue weighted by molar-refractivity contribution is 0.104. The van der Waals surface area contributed by atoms with Crippen molar-refractivity contribution in [3.63, 3.8) is 0 Å². The summed E-state index contributed by atoms with van der Waals surface area (Å²) in [5.74, 6) is 0.493. The van der Waals surface area contributed by atoms with Crippen LogP contribution in [0.2, 0.25) is 0 Å². The highest BCUT2D eigenvalue weighted by Crippen LogP contribution is 2.18. The van der Waals surface area contributed by atoms with Gasteiger partial charge in [0.1, 0.15) is 5.75 Å². The molecule has 2 aliphatic heterocycles. The van der Waals surface area contributed by atoms with Crippen molar-refractivity contribution in [2.24, 2.45) is 0 Å². The SMILES string of the molecule is COc1ccc(S(=O)(=O)CCN(C(=O)N(CCN2CCN(C)CC2)CCN2CCN(C)CC2)C(C)C)cc1. The van der Waals surface area contributed by atoms with Crippen molar-refractivity contribution < 1.29 is 17.9 Å². The first-order chi connectivity index (χ1) is 18.1. The highest BCUT2D eigenvalue weighted by molar-refractivity contribution is 7.91. The number of rotatable bonds is 12. The van der Waals surface area contributed by atoms with Gasteiger partial charge in [0.2, 0.25) is 0 Å². The molecule has 2 amide bonds. The molecule has 2 heterocycles. The van der Waals surface area contributed by atoms with E-state index in [0.717, 1.165) is 65.4 Å². The Morgan fingerprint density at radius 1 is 0.842 bits per heavy atom. The molecule has 0 bridgehead atoms. The van der Waals surface area contributed by atoms with Crippen LogP contribution in [0.1, 0.15) is 13.8 Å². The van der Waals surface area contributed by atoms with Crippen molar-refractivity contribution in [2.75, 3.05) is 112 Å². The number of hydrogen-bond donors (Lipinski definition) is 0. The van der Waals surface area contributed by atoms with Gasteiger partial charge >= 0.3 is 6.03 Å². The van der Waals surface area contributed by atoms with Gasteiger partial charge in [-0.3, -0.25) is 9.80 Å². The van der Waals surface area contributed by atoms with Crippen LogP contribution in [0, 0.1) is 0 Å². The fourth-order valence-electron chi connectivity index (χ4n) is 4.85. The predicted molar refractivity (Wildman–Crippen MR) is 152 cm³/mol. The molecule has 0 unspecified atom stereocenters. The van der Waals surface area contributed by atoms with E-state index in [4.69, 9.17) is 4.74 Å². The van der Waals surface area contributed by atoms with Crippen molar-refractivity contribution in [3.05, 3.63) is 24.3 Å². The highest BCUT2D eigenvalue weighted by Gasteiger charge is 2.27. The van der Waals surface area contributed by atoms with Gasteiger partial charge < -0.3 is 24.3 Å². The molecule has 2 aliphatic rings. The third-order valence-corrected chi connectivity index (χ3v) is 9.43. The molecule has 2 fully saturated rings. The molecule has 2 saturated heterocycles. The Hall–Kier alpha value is -1.92. The van der Waals surface area contributed by atoms with E-state index in [0.29, 0.717) is 18.8 Å². The van der Waals surface area contributed by atoms with Crippen LogP contribution in [0.25, 0.3) is 0 Å². The molecule has 0 radical (unpaired) electrons. The molecule has 0 aliphatic carbocycles. The van der Waals surface area contributed by atoms with Gasteiger partial charge in [0.15, 0.2) is 9.84 Å². The van der Waals surface area contributed by atoms with Crippen molar-refractivity contribution >= 4 is 15.9 Å². The molecule has 1 aromatic rings. The highest BCUT2D eigenvalue weighted by atomic mass is 32.2. The van der Waals surface area contributed by atoms with Gasteiger partial charge in [-0.25, -0.2) is 13.2 Å². The van der Waals surface area contributed by atoms with E-state index in [-0.39, 0.29) is 29.3 Å². The summed E-state index contributed by atoms with van der Waals surface area (Å²) in [4.78, 5) is 27.3. The first kappa shape index (κ1) is 30.6. The van der Waals surface area contributed by atoms with Crippen molar-refractivity contribution in [1.82, 2.24) is 29.4 Å². The number of carbonyl (C=O) groups is 1. The van der Waals surface area contributed by atoms with E-state index in [1.807, 2.05) is 18.7 Å². The number of ether oxygens (including phenoxy) is 1. The minimum atomic E-state index is -3.54. The van der Waals surface area contributed by atoms with E-state index in [1.54, 1.807) is 36.3 Å². The minimum Gasteiger partial charge on any atom is -0.497 e. The number of likely N-dealkylation sites (N-methyl/N-ethyl adjacent to an activating group) is 2. The Morgan fingerprint density at radius 3 is 1.74 bits per heavy atom. The summed E-state index contributed by atoms with van der Waals surface area (Å²) in [6.07, 6.45) is 0. The Labute approximate surface area is 230 Å². The van der Waals surface area contributed by atoms with Crippen LogP contribution < -0.4 is 4.74 Å². The summed E-state index contributed by atoms with van der Waals surface area (Å²) in [7, 11) is 2.30. The van der Waals surface area contributed by atoms with Gasteiger partial charge in [-0.1, -0.05) is 0 Å². The van der Waals surface area contributed by atoms with Crippen molar-refractivity contribution in [2.45, 2.75) is 24.8 Å². The summed E-state index contributed by atoms with van der Waals surface area (Å²) in [5.41, 5.74) is 0. The quantitative estimate of drug-likeness (QED) is 0.382. The van der Waals surface area contributed by atoms with E-state index in [9.17, 15) is 13.2 Å². The predicted octanol–water partition coefficient (Wildman–Crippen LogP) is 1.10. The van der Waals surface area contributed by atoms with E-state index in [2.05, 4.69) is 33.7 Å². The second kappa shape index (κ2) is 14.5. The first-order valence-electron chi connectivity index (χ1n) is 13.8. The molecule has 10 nitrogen and oxygen atoms in total. The monoisotopic (exact) mass is 552 g/mol. The zero-order valence-corrected chi connectivity index (χ0v) is 24.8. The van der Waals surface area contributed by atoms with Crippen LogP contribution in [0.4, 0.5) is 4.79 Å². The van der Waals surface area contributed by atoms with Crippen molar-refractivity contribution in [3.8, 4) is 5.75 Å². The van der Waals surface area contributed by atoms with Gasteiger partial charge in [-0.15, -0.1) is 0 Å². The number of methoxy groups -OCH3 is 1. The summed E-state index contributed by atoms with van der Waals surface area (Å²) in [6.45, 7) is 15.2. The normalized spacial score (nSPS) is 18.6. The number of carbonyl (C=O) groups excluding carboxylic acids is 1. The van der Waals surface area contributed by atoms with Gasteiger partial charge in [-0.05, 0) is 52.2 Å². The maximum absolute atomic E-state index is 13.9. The Kier molecular flexibility index (Phi) is 11.7. The topological polar surface area (TPSA) is 79.9 Å². The third kappa shape index (κ3) is 9.08. The largest absolute Gasteiger partial charge is 0.497 e. The lowest BCUT2D eigenvalue weighted by Crippen LogP contribution is -2.54. The molecule has 38 heavy (non-hydrogen) atoms. The first-order valence-corrected chi connectivity index (χ1v) is 15.5. The molecule has 1 aromatic carbocycles. The van der Waals surface area contributed by atoms with E-state index < -0.39 is 9.84 Å². The summed E-state index contributed by atoms with van der Waals surface area (Å²) in [5, 5.41) is 0. The van der Waals surface area contributed by atoms with Crippen LogP contribution in [0.15, 0.2) is 29.2 Å². The van der Waals surface area contributed by atoms with Crippen LogP contribution >= 0.6 is 0 Å². The number of urea groups is 1. The number of nitrogens with zero attached hydrogens (tertiary/aromatic N) is 6. The number of amides is 2. The Bertz CT molecular complexity index is 932. The maximum Gasteiger partial charge on any atom is 0.320 e. The second-order valence-electron chi connectivity index (χ2n) is 10.8. The molecule has 0 atom stereocenters. The Balaban J connectivity index is 1.66. The fraction of sp³-hybridized carbons (Fsp3) is 0.741. The maximum atomic E-state index is 13.9. The van der Waals surface area contributed by atoms with Crippen LogP contribution in [0.3, 0.4) is 0 Å². The van der Waals surface area contributed by atoms with Crippen LogP contribution in [-0.4, -0.2) is 162 Å². The summed E-state index contributed by atoms with van der Waals surface area (Å²) < 4.78 is 31.3. The van der Waals surface area contributed by atoms with Gasteiger partial charge in [0.05, 0.1) is 17.8 Å². The number of benzene rings is 1. The molecule has 11 heteroatoms. The molecule has 216 valence electrons. The second-order valence-corrected chi connectivity index (χ2v) is 13.0. The standard InChI is InChI=1S/C27H48N6O4S/c1-24(2)33(22-23-38(35,36)26-8-6-25(37-5)7-9-26)27(34)32(20-18-30-14-10-28(3)11-15-30)21-19-31-16-12-29(4)13-17-31/h6-9,24H,10-23H2,1-5H3. The molecule has 0 aromatic heterocycles. The molecular weight excluding hydrogens is 504 g/mol. The van der Waals surface area contributed by atoms with E-state index >= 15 is 0 Å². The van der Waals surface area contributed by atoms with Crippen LogP contribution in [0.5, 0.6) is 5.75 Å². The molecule has 0 saturated carbocycles. The number of hydrogen-bond acceptors (Lipinski definition) is 8. The molecule has 0 N–H and O–H groups in total. The zero-order valence-electron chi connectivity index (χ0n) is 24.0. The lowest BCUT2D eigenvalue weighted by atomic mass is 10.3. The molecular formula is C27H48N6O4S. The number of sulfone groups is 1. The average molecular weight is 553 g/mol. The van der Waals surface area contributed by atoms with Gasteiger partial charge in [0, 0.05) is 91.1 Å². The Morgan fingerprint density at radius 2 is 1.32 bits per heavy atom. The molecule has 0 spiro atoms.